The third-order valence-corrected chi connectivity index (χ3v) is 4.17. The van der Waals surface area contributed by atoms with Crippen LogP contribution >= 0.6 is 0 Å². The number of carbonyl (C=O) groups is 1. The molecule has 0 saturated carbocycles. The monoisotopic (exact) mass is 326 g/mol. The molecular weight excluding hydrogens is 304 g/mol. The number of para-hydroxylation sites is 1. The molecule has 1 amide bonds. The second-order valence-electron chi connectivity index (χ2n) is 5.78. The van der Waals surface area contributed by atoms with Gasteiger partial charge in [-0.1, -0.05) is 31.2 Å². The topological polar surface area (TPSA) is 42.0 Å². The highest BCUT2D eigenvalue weighted by Crippen LogP contribution is 2.32. The molecule has 0 atom stereocenters. The molecule has 0 saturated heterocycles. The van der Waals surface area contributed by atoms with Gasteiger partial charge in [0, 0.05) is 19.3 Å². The number of ether oxygens (including phenoxy) is 2. The van der Waals surface area contributed by atoms with Crippen LogP contribution in [0.4, 0.5) is 5.69 Å². The number of hydrogen-bond donors (Lipinski definition) is 0. The summed E-state index contributed by atoms with van der Waals surface area (Å²) in [5.74, 6) is 1.63. The van der Waals surface area contributed by atoms with Crippen LogP contribution in [0.15, 0.2) is 48.5 Å². The van der Waals surface area contributed by atoms with Gasteiger partial charge in [-0.3, -0.25) is 9.69 Å². The van der Waals surface area contributed by atoms with Gasteiger partial charge in [-0.2, -0.15) is 0 Å². The van der Waals surface area contributed by atoms with E-state index in [4.69, 9.17) is 9.47 Å². The molecule has 2 aromatic carbocycles. The lowest BCUT2D eigenvalue weighted by Gasteiger charge is -2.24. The summed E-state index contributed by atoms with van der Waals surface area (Å²) >= 11 is 0. The van der Waals surface area contributed by atoms with Gasteiger partial charge in [0.05, 0.1) is 6.54 Å². The molecule has 0 radical (unpaired) electrons. The van der Waals surface area contributed by atoms with Gasteiger partial charge in [0.15, 0.2) is 11.5 Å². The molecule has 1 aliphatic heterocycles. The third-order valence-electron chi connectivity index (χ3n) is 4.17. The second-order valence-corrected chi connectivity index (χ2v) is 5.78. The Bertz CT molecular complexity index is 703. The second kappa shape index (κ2) is 7.36. The molecule has 1 aliphatic rings. The number of amides is 1. The summed E-state index contributed by atoms with van der Waals surface area (Å²) in [6.07, 6.45) is 0. The van der Waals surface area contributed by atoms with E-state index in [0.717, 1.165) is 29.3 Å². The van der Waals surface area contributed by atoms with E-state index in [1.807, 2.05) is 55.6 Å². The predicted molar refractivity (Wildman–Crippen MR) is 93.4 cm³/mol. The van der Waals surface area contributed by atoms with Crippen molar-refractivity contribution in [1.29, 1.82) is 0 Å². The molecule has 3 rings (SSSR count). The van der Waals surface area contributed by atoms with Gasteiger partial charge in [0.1, 0.15) is 0 Å². The minimum atomic E-state index is 0.0730. The Balaban J connectivity index is 1.63. The highest BCUT2D eigenvalue weighted by molar-refractivity contribution is 5.94. The summed E-state index contributed by atoms with van der Waals surface area (Å²) in [5, 5.41) is 0. The fraction of sp³-hybridized carbons (Fsp3) is 0.316. The number of likely N-dealkylation sites (N-methyl/N-ethyl adjacent to an activating group) is 2. The van der Waals surface area contributed by atoms with E-state index in [-0.39, 0.29) is 12.7 Å². The van der Waals surface area contributed by atoms with Gasteiger partial charge in [-0.05, 0) is 36.4 Å². The summed E-state index contributed by atoms with van der Waals surface area (Å²) in [4.78, 5) is 16.3. The Morgan fingerprint density at radius 2 is 1.83 bits per heavy atom. The lowest BCUT2D eigenvalue weighted by atomic mass is 10.2. The van der Waals surface area contributed by atoms with E-state index < -0.39 is 0 Å². The minimum Gasteiger partial charge on any atom is -0.454 e. The van der Waals surface area contributed by atoms with Crippen molar-refractivity contribution in [2.75, 3.05) is 31.8 Å². The first-order chi connectivity index (χ1) is 11.7. The number of benzene rings is 2. The lowest BCUT2D eigenvalue weighted by Crippen LogP contribution is -2.38. The largest absolute Gasteiger partial charge is 0.454 e. The molecule has 0 unspecified atom stereocenters. The van der Waals surface area contributed by atoms with E-state index in [0.29, 0.717) is 13.1 Å². The molecular formula is C19H22N2O3. The fourth-order valence-electron chi connectivity index (χ4n) is 2.67. The van der Waals surface area contributed by atoms with Crippen LogP contribution in [0.25, 0.3) is 0 Å². The summed E-state index contributed by atoms with van der Waals surface area (Å²) in [7, 11) is 1.81. The van der Waals surface area contributed by atoms with Gasteiger partial charge in [0.2, 0.25) is 12.7 Å². The van der Waals surface area contributed by atoms with E-state index in [1.54, 1.807) is 4.90 Å². The van der Waals surface area contributed by atoms with Crippen molar-refractivity contribution in [2.24, 2.45) is 0 Å². The van der Waals surface area contributed by atoms with Crippen LogP contribution in [0.2, 0.25) is 0 Å². The van der Waals surface area contributed by atoms with Gasteiger partial charge in [-0.25, -0.2) is 0 Å². The van der Waals surface area contributed by atoms with Crippen molar-refractivity contribution in [1.82, 2.24) is 4.90 Å². The number of rotatable bonds is 6. The number of anilines is 1. The van der Waals surface area contributed by atoms with E-state index in [9.17, 15) is 4.79 Å². The van der Waals surface area contributed by atoms with Gasteiger partial charge in [-0.15, -0.1) is 0 Å². The quantitative estimate of drug-likeness (QED) is 0.818. The average molecular weight is 326 g/mol. The van der Waals surface area contributed by atoms with E-state index in [1.165, 1.54) is 0 Å². The van der Waals surface area contributed by atoms with E-state index in [2.05, 4.69) is 11.8 Å². The van der Waals surface area contributed by atoms with Gasteiger partial charge < -0.3 is 14.4 Å². The highest BCUT2D eigenvalue weighted by Gasteiger charge is 2.17. The summed E-state index contributed by atoms with van der Waals surface area (Å²) in [6, 6.07) is 15.6. The molecule has 0 bridgehead atoms. The molecule has 5 nitrogen and oxygen atoms in total. The maximum atomic E-state index is 12.5. The zero-order chi connectivity index (χ0) is 16.9. The minimum absolute atomic E-state index is 0.0730. The Hall–Kier alpha value is -2.53. The highest BCUT2D eigenvalue weighted by atomic mass is 16.7. The fourth-order valence-corrected chi connectivity index (χ4v) is 2.67. The molecule has 1 heterocycles. The average Bonchev–Trinajstić information content (AvgIpc) is 3.08. The zero-order valence-corrected chi connectivity index (χ0v) is 14.1. The Kier molecular flexibility index (Phi) is 5.01. The number of carbonyl (C=O) groups excluding carboxylic acids is 1. The van der Waals surface area contributed by atoms with Crippen molar-refractivity contribution < 1.29 is 14.3 Å². The van der Waals surface area contributed by atoms with Crippen LogP contribution in [0, 0.1) is 0 Å². The first-order valence-electron chi connectivity index (χ1n) is 8.10. The Labute approximate surface area is 142 Å². The number of nitrogens with zero attached hydrogens (tertiary/aromatic N) is 2. The summed E-state index contributed by atoms with van der Waals surface area (Å²) < 4.78 is 10.7. The Morgan fingerprint density at radius 1 is 1.08 bits per heavy atom. The molecule has 0 spiro atoms. The molecule has 0 aliphatic carbocycles. The van der Waals surface area contributed by atoms with E-state index >= 15 is 0 Å². The normalized spacial score (nSPS) is 12.5. The smallest absolute Gasteiger partial charge is 0.240 e. The van der Waals surface area contributed by atoms with Crippen molar-refractivity contribution >= 4 is 11.6 Å². The van der Waals surface area contributed by atoms with Crippen LogP contribution in [-0.2, 0) is 11.3 Å². The predicted octanol–water partition coefficient (Wildman–Crippen LogP) is 2.90. The van der Waals surface area contributed by atoms with Crippen LogP contribution in [-0.4, -0.2) is 37.7 Å². The molecule has 0 aromatic heterocycles. The summed E-state index contributed by atoms with van der Waals surface area (Å²) in [5.41, 5.74) is 2.01. The Morgan fingerprint density at radius 3 is 2.58 bits per heavy atom. The standard InChI is InChI=1S/C19H22N2O3/c1-3-21(12-15-9-10-17-18(11-15)24-14-23-17)13-19(22)20(2)16-7-5-4-6-8-16/h4-11H,3,12-14H2,1-2H3. The van der Waals surface area contributed by atoms with Crippen LogP contribution in [0.5, 0.6) is 11.5 Å². The number of hydrogen-bond acceptors (Lipinski definition) is 4. The molecule has 0 N–H and O–H groups in total. The van der Waals surface area contributed by atoms with Crippen molar-refractivity contribution in [2.45, 2.75) is 13.5 Å². The zero-order valence-electron chi connectivity index (χ0n) is 14.1. The van der Waals surface area contributed by atoms with Crippen molar-refractivity contribution in [3.8, 4) is 11.5 Å². The number of fused-ring (bicyclic) bond motifs is 1. The van der Waals surface area contributed by atoms with Crippen molar-refractivity contribution in [3.05, 3.63) is 54.1 Å². The molecule has 5 heteroatoms. The van der Waals surface area contributed by atoms with Gasteiger partial charge >= 0.3 is 0 Å². The van der Waals surface area contributed by atoms with Crippen LogP contribution in [0.1, 0.15) is 12.5 Å². The maximum Gasteiger partial charge on any atom is 0.240 e. The first kappa shape index (κ1) is 16.3. The van der Waals surface area contributed by atoms with Crippen LogP contribution in [0.3, 0.4) is 0 Å². The third kappa shape index (κ3) is 3.68. The molecule has 0 fully saturated rings. The van der Waals surface area contributed by atoms with Crippen LogP contribution < -0.4 is 14.4 Å². The molecule has 24 heavy (non-hydrogen) atoms. The molecule has 126 valence electrons. The molecule has 2 aromatic rings. The SMILES string of the molecule is CCN(CC(=O)N(C)c1ccccc1)Cc1ccc2c(c1)OCO2. The van der Waals surface area contributed by atoms with Gasteiger partial charge in [0.25, 0.3) is 0 Å². The van der Waals surface area contributed by atoms with Crippen molar-refractivity contribution in [3.63, 3.8) is 0 Å². The lowest BCUT2D eigenvalue weighted by molar-refractivity contribution is -0.119. The first-order valence-corrected chi connectivity index (χ1v) is 8.10. The summed E-state index contributed by atoms with van der Waals surface area (Å²) in [6.45, 7) is 4.19. The maximum absolute atomic E-state index is 12.5.